The Bertz CT molecular complexity index is 645. The maximum absolute atomic E-state index is 14.4. The number of rotatable bonds is 1. The summed E-state index contributed by atoms with van der Waals surface area (Å²) in [5.74, 6) is -3.46. The lowest BCUT2D eigenvalue weighted by Gasteiger charge is -2.31. The molecule has 1 aliphatic heterocycles. The van der Waals surface area contributed by atoms with E-state index >= 15 is 0 Å². The van der Waals surface area contributed by atoms with Gasteiger partial charge in [0.2, 0.25) is 0 Å². The lowest BCUT2D eigenvalue weighted by molar-refractivity contribution is -0.00152. The molecule has 1 nitrogen and oxygen atoms in total. The number of halogens is 2. The molecule has 4 rings (SSSR count). The number of allylic oxidation sites excluding steroid dienone is 4. The molecule has 3 aliphatic rings. The maximum atomic E-state index is 14.4. The van der Waals surface area contributed by atoms with Crippen LogP contribution in [0.5, 0.6) is 0 Å². The van der Waals surface area contributed by atoms with Crippen molar-refractivity contribution in [1.82, 2.24) is 5.32 Å². The van der Waals surface area contributed by atoms with Crippen LogP contribution in [0.3, 0.4) is 0 Å². The quantitative estimate of drug-likeness (QED) is 0.832. The molecule has 0 spiro atoms. The number of hydrogen-bond donors (Lipinski definition) is 1. The van der Waals surface area contributed by atoms with Crippen LogP contribution in [0.4, 0.5) is 8.78 Å². The topological polar surface area (TPSA) is 12.0 Å². The van der Waals surface area contributed by atoms with Gasteiger partial charge in [0.05, 0.1) is 5.92 Å². The van der Waals surface area contributed by atoms with Gasteiger partial charge in [0.15, 0.2) is 0 Å². The molecule has 22 heavy (non-hydrogen) atoms. The fraction of sp³-hybridized carbons (Fsp3) is 0.474. The first-order valence-corrected chi connectivity index (χ1v) is 8.25. The largest absolute Gasteiger partial charge is 0.316 e. The van der Waals surface area contributed by atoms with Gasteiger partial charge in [-0.15, -0.1) is 0 Å². The Hall–Kier alpha value is -1.48. The maximum Gasteiger partial charge on any atom is 0.273 e. The third-order valence-electron chi connectivity index (χ3n) is 5.39. The van der Waals surface area contributed by atoms with Crippen LogP contribution in [0.25, 0.3) is 0 Å². The van der Waals surface area contributed by atoms with Gasteiger partial charge >= 0.3 is 0 Å². The summed E-state index contributed by atoms with van der Waals surface area (Å²) in [6.07, 6.45) is 9.79. The molecule has 0 radical (unpaired) electrons. The van der Waals surface area contributed by atoms with Crippen LogP contribution in [0.2, 0.25) is 0 Å². The molecule has 0 bridgehead atoms. The molecule has 2 atom stereocenters. The van der Waals surface area contributed by atoms with E-state index in [-0.39, 0.29) is 5.92 Å². The van der Waals surface area contributed by atoms with Crippen molar-refractivity contribution >= 4 is 0 Å². The highest BCUT2D eigenvalue weighted by atomic mass is 19.3. The predicted molar refractivity (Wildman–Crippen MR) is 84.5 cm³/mol. The smallest absolute Gasteiger partial charge is 0.273 e. The second-order valence-corrected chi connectivity index (χ2v) is 6.62. The Kier molecular flexibility index (Phi) is 3.41. The molecule has 116 valence electrons. The first-order chi connectivity index (χ1) is 10.7. The van der Waals surface area contributed by atoms with Crippen molar-refractivity contribution in [3.63, 3.8) is 0 Å². The third kappa shape index (κ3) is 2.23. The molecule has 1 heterocycles. The van der Waals surface area contributed by atoms with Gasteiger partial charge in [0.1, 0.15) is 0 Å². The molecule has 3 heteroatoms. The van der Waals surface area contributed by atoms with Gasteiger partial charge < -0.3 is 5.32 Å². The fourth-order valence-electron chi connectivity index (χ4n) is 4.35. The van der Waals surface area contributed by atoms with Crippen molar-refractivity contribution in [3.8, 4) is 0 Å². The van der Waals surface area contributed by atoms with Gasteiger partial charge in [-0.05, 0) is 73.0 Å². The third-order valence-corrected chi connectivity index (χ3v) is 5.39. The Morgan fingerprint density at radius 3 is 2.68 bits per heavy atom. The Morgan fingerprint density at radius 1 is 1.00 bits per heavy atom. The Balaban J connectivity index is 1.78. The minimum atomic E-state index is -2.73. The number of fused-ring (bicyclic) bond motifs is 3. The van der Waals surface area contributed by atoms with E-state index in [4.69, 9.17) is 0 Å². The summed E-state index contributed by atoms with van der Waals surface area (Å²) in [7, 11) is 0. The zero-order chi connectivity index (χ0) is 15.2. The van der Waals surface area contributed by atoms with E-state index in [0.29, 0.717) is 0 Å². The summed E-state index contributed by atoms with van der Waals surface area (Å²) >= 11 is 0. The fourth-order valence-corrected chi connectivity index (χ4v) is 4.35. The minimum absolute atomic E-state index is 0.0424. The van der Waals surface area contributed by atoms with Crippen molar-refractivity contribution in [2.24, 2.45) is 5.92 Å². The number of benzene rings is 1. The molecular formula is C19H21F2N. The summed E-state index contributed by atoms with van der Waals surface area (Å²) in [5.41, 5.74) is 5.24. The van der Waals surface area contributed by atoms with Crippen LogP contribution in [-0.4, -0.2) is 19.0 Å². The normalized spacial score (nSPS) is 29.0. The highest BCUT2D eigenvalue weighted by Crippen LogP contribution is 2.48. The summed E-state index contributed by atoms with van der Waals surface area (Å²) in [5, 5.41) is 3.42. The van der Waals surface area contributed by atoms with Crippen molar-refractivity contribution in [1.29, 1.82) is 0 Å². The molecule has 1 aromatic rings. The molecule has 0 fully saturated rings. The molecular weight excluding hydrogens is 280 g/mol. The van der Waals surface area contributed by atoms with Crippen LogP contribution in [-0.2, 0) is 19.3 Å². The monoisotopic (exact) mass is 301 g/mol. The lowest BCUT2D eigenvalue weighted by Crippen LogP contribution is -2.31. The van der Waals surface area contributed by atoms with E-state index in [1.165, 1.54) is 28.3 Å². The first kappa shape index (κ1) is 14.1. The molecule has 2 aliphatic carbocycles. The van der Waals surface area contributed by atoms with Crippen LogP contribution in [0, 0.1) is 5.92 Å². The summed E-state index contributed by atoms with van der Waals surface area (Å²) in [6.45, 7) is 1.94. The molecule has 0 amide bonds. The van der Waals surface area contributed by atoms with Crippen LogP contribution in [0.15, 0.2) is 36.4 Å². The van der Waals surface area contributed by atoms with Crippen molar-refractivity contribution < 1.29 is 8.78 Å². The van der Waals surface area contributed by atoms with Crippen molar-refractivity contribution in [2.45, 2.75) is 37.5 Å². The molecule has 2 unspecified atom stereocenters. The van der Waals surface area contributed by atoms with E-state index < -0.39 is 11.8 Å². The zero-order valence-electron chi connectivity index (χ0n) is 12.6. The van der Waals surface area contributed by atoms with Crippen molar-refractivity contribution in [2.75, 3.05) is 13.1 Å². The van der Waals surface area contributed by atoms with Gasteiger partial charge in [0.25, 0.3) is 5.92 Å². The van der Waals surface area contributed by atoms with Crippen LogP contribution >= 0.6 is 0 Å². The van der Waals surface area contributed by atoms with Gasteiger partial charge in [-0.25, -0.2) is 8.78 Å². The minimum Gasteiger partial charge on any atom is -0.316 e. The summed E-state index contributed by atoms with van der Waals surface area (Å²) < 4.78 is 28.8. The Morgan fingerprint density at radius 2 is 1.82 bits per heavy atom. The number of aryl methyl sites for hydroxylation is 1. The highest BCUT2D eigenvalue weighted by Gasteiger charge is 2.44. The first-order valence-electron chi connectivity index (χ1n) is 8.25. The average Bonchev–Trinajstić information content (AvgIpc) is 2.77. The lowest BCUT2D eigenvalue weighted by atomic mass is 9.78. The van der Waals surface area contributed by atoms with Crippen molar-refractivity contribution in [3.05, 3.63) is 58.7 Å². The van der Waals surface area contributed by atoms with Crippen LogP contribution < -0.4 is 5.32 Å². The van der Waals surface area contributed by atoms with E-state index in [2.05, 4.69) is 17.4 Å². The second-order valence-electron chi connectivity index (χ2n) is 6.62. The molecule has 1 aromatic carbocycles. The number of nitrogens with one attached hydrogen (secondary N) is 1. The van der Waals surface area contributed by atoms with E-state index in [9.17, 15) is 8.78 Å². The Labute approximate surface area is 130 Å². The SMILES string of the molecule is FC1(F)C=CC=CC1C1CCc2ccc3c(c21)CCNCC3. The summed E-state index contributed by atoms with van der Waals surface area (Å²) in [6, 6.07) is 4.40. The van der Waals surface area contributed by atoms with Gasteiger partial charge in [-0.2, -0.15) is 0 Å². The molecule has 0 aromatic heterocycles. The number of alkyl halides is 2. The van der Waals surface area contributed by atoms with E-state index in [1.54, 1.807) is 12.2 Å². The van der Waals surface area contributed by atoms with Gasteiger partial charge in [-0.1, -0.05) is 30.4 Å². The van der Waals surface area contributed by atoms with Gasteiger partial charge in [-0.3, -0.25) is 0 Å². The second kappa shape index (κ2) is 5.31. The van der Waals surface area contributed by atoms with Gasteiger partial charge in [0, 0.05) is 0 Å². The molecule has 0 saturated heterocycles. The average molecular weight is 301 g/mol. The van der Waals surface area contributed by atoms with E-state index in [0.717, 1.165) is 44.8 Å². The summed E-state index contributed by atoms with van der Waals surface area (Å²) in [4.78, 5) is 0. The van der Waals surface area contributed by atoms with Crippen LogP contribution in [0.1, 0.15) is 34.6 Å². The standard InChI is InChI=1S/C19H21F2N/c20-19(21)10-2-1-3-17(19)16-7-6-14-5-4-13-8-11-22-12-9-15(13)18(14)16/h1-5,10,16-17,22H,6-9,11-12H2. The highest BCUT2D eigenvalue weighted by molar-refractivity contribution is 5.48. The molecule has 1 N–H and O–H groups in total. The predicted octanol–water partition coefficient (Wildman–Crippen LogP) is 3.78. The van der Waals surface area contributed by atoms with E-state index in [1.807, 2.05) is 0 Å². The number of hydrogen-bond acceptors (Lipinski definition) is 1. The zero-order valence-corrected chi connectivity index (χ0v) is 12.6. The molecule has 0 saturated carbocycles.